The third-order valence-corrected chi connectivity index (χ3v) is 6.01. The van der Waals surface area contributed by atoms with Gasteiger partial charge in [0, 0.05) is 0 Å². The molecule has 0 aromatic heterocycles. The summed E-state index contributed by atoms with van der Waals surface area (Å²) in [6, 6.07) is 14.1. The minimum Gasteiger partial charge on any atom is -0.508 e. The highest BCUT2D eigenvalue weighted by atomic mass is 32.2. The van der Waals surface area contributed by atoms with Gasteiger partial charge in [-0.1, -0.05) is 24.4 Å². The molecule has 1 atom stereocenters. The van der Waals surface area contributed by atoms with E-state index in [1.165, 1.54) is 0 Å². The molecule has 23 heavy (non-hydrogen) atoms. The van der Waals surface area contributed by atoms with Gasteiger partial charge in [-0.3, -0.25) is 9.69 Å². The zero-order valence-electron chi connectivity index (χ0n) is 12.4. The Morgan fingerprint density at radius 1 is 1.17 bits per heavy atom. The predicted octanol–water partition coefficient (Wildman–Crippen LogP) is 3.15. The largest absolute Gasteiger partial charge is 0.508 e. The summed E-state index contributed by atoms with van der Waals surface area (Å²) in [5.41, 5.74) is 1.70. The van der Waals surface area contributed by atoms with Crippen LogP contribution in [-0.2, 0) is 4.79 Å². The fourth-order valence-electron chi connectivity index (χ4n) is 2.27. The summed E-state index contributed by atoms with van der Waals surface area (Å²) >= 11 is 5.50. The maximum absolute atomic E-state index is 12.3. The van der Waals surface area contributed by atoms with Crippen LogP contribution < -0.4 is 9.64 Å². The summed E-state index contributed by atoms with van der Waals surface area (Å²) in [6.07, 6.45) is 0. The maximum atomic E-state index is 12.3. The molecule has 2 aromatic carbocycles. The first-order valence-electron chi connectivity index (χ1n) is 6.93. The number of rotatable bonds is 3. The summed E-state index contributed by atoms with van der Waals surface area (Å²) in [7, 11) is 1.21. The lowest BCUT2D eigenvalue weighted by molar-refractivity contribution is -0.115. The van der Waals surface area contributed by atoms with E-state index in [0.717, 1.165) is 11.3 Å². The molecule has 1 saturated heterocycles. The van der Waals surface area contributed by atoms with Gasteiger partial charge in [0.15, 0.2) is 0 Å². The molecule has 0 saturated carbocycles. The highest BCUT2D eigenvalue weighted by molar-refractivity contribution is 8.35. The third kappa shape index (κ3) is 3.28. The normalized spacial score (nSPS) is 17.8. The summed E-state index contributed by atoms with van der Waals surface area (Å²) in [5.74, 6) is 1.32. The Morgan fingerprint density at radius 3 is 2.43 bits per heavy atom. The SMILES string of the molecule is COc1ccc(/C=S2/CC(=O)N(c3ccc(O)cc3)C2=S)cc1. The Kier molecular flexibility index (Phi) is 4.45. The van der Waals surface area contributed by atoms with Crippen LogP contribution in [0.5, 0.6) is 11.5 Å². The number of hydrogen-bond acceptors (Lipinski definition) is 4. The molecular formula is C17H15NO3S2. The van der Waals surface area contributed by atoms with Crippen molar-refractivity contribution in [3.63, 3.8) is 0 Å². The molecule has 1 aliphatic heterocycles. The smallest absolute Gasteiger partial charge is 0.242 e. The number of methoxy groups -OCH3 is 1. The number of hydrogen-bond donors (Lipinski definition) is 1. The van der Waals surface area contributed by atoms with E-state index in [1.807, 2.05) is 29.6 Å². The van der Waals surface area contributed by atoms with Crippen LogP contribution in [-0.4, -0.2) is 33.6 Å². The first-order valence-corrected chi connectivity index (χ1v) is 8.79. The van der Waals surface area contributed by atoms with Crippen LogP contribution in [0.4, 0.5) is 5.69 Å². The highest BCUT2D eigenvalue weighted by Gasteiger charge is 2.30. The number of nitrogens with zero attached hydrogens (tertiary/aromatic N) is 1. The van der Waals surface area contributed by atoms with Gasteiger partial charge in [-0.15, -0.1) is 10.5 Å². The van der Waals surface area contributed by atoms with E-state index in [2.05, 4.69) is 0 Å². The Balaban J connectivity index is 1.88. The number of amides is 1. The zero-order valence-corrected chi connectivity index (χ0v) is 14.1. The van der Waals surface area contributed by atoms with Crippen molar-refractivity contribution >= 4 is 44.0 Å². The highest BCUT2D eigenvalue weighted by Crippen LogP contribution is 2.33. The van der Waals surface area contributed by atoms with Gasteiger partial charge in [-0.05, 0) is 47.3 Å². The van der Waals surface area contributed by atoms with Gasteiger partial charge in [-0.25, -0.2) is 0 Å². The lowest BCUT2D eigenvalue weighted by Gasteiger charge is -2.15. The summed E-state index contributed by atoms with van der Waals surface area (Å²) in [5, 5.41) is 11.4. The van der Waals surface area contributed by atoms with E-state index < -0.39 is 10.5 Å². The van der Waals surface area contributed by atoms with Crippen LogP contribution in [0.3, 0.4) is 0 Å². The average Bonchev–Trinajstić information content (AvgIpc) is 2.83. The van der Waals surface area contributed by atoms with Crippen molar-refractivity contribution in [1.29, 1.82) is 0 Å². The van der Waals surface area contributed by atoms with Crippen molar-refractivity contribution < 1.29 is 14.6 Å². The average molecular weight is 345 g/mol. The van der Waals surface area contributed by atoms with Gasteiger partial charge in [0.2, 0.25) is 5.91 Å². The summed E-state index contributed by atoms with van der Waals surface area (Å²) < 4.78 is 5.75. The number of thiocarbonyl (C=S) groups is 1. The lowest BCUT2D eigenvalue weighted by atomic mass is 10.2. The molecule has 1 N–H and O–H groups in total. The molecule has 0 aliphatic carbocycles. The van der Waals surface area contributed by atoms with Gasteiger partial charge in [-0.2, -0.15) is 0 Å². The van der Waals surface area contributed by atoms with Crippen molar-refractivity contribution in [3.05, 3.63) is 54.1 Å². The lowest BCUT2D eigenvalue weighted by Crippen LogP contribution is -2.27. The van der Waals surface area contributed by atoms with Crippen molar-refractivity contribution in [2.45, 2.75) is 0 Å². The molecule has 0 bridgehead atoms. The molecule has 118 valence electrons. The van der Waals surface area contributed by atoms with Gasteiger partial charge in [0.25, 0.3) is 0 Å². The Hall–Kier alpha value is -2.18. The Labute approximate surface area is 142 Å². The van der Waals surface area contributed by atoms with Crippen LogP contribution in [0.2, 0.25) is 0 Å². The molecule has 4 nitrogen and oxygen atoms in total. The molecule has 1 heterocycles. The van der Waals surface area contributed by atoms with Crippen LogP contribution in [0.15, 0.2) is 48.5 Å². The quantitative estimate of drug-likeness (QED) is 0.868. The van der Waals surface area contributed by atoms with Gasteiger partial charge in [0.05, 0.1) is 18.6 Å². The standard InChI is InChI=1S/C17H15NO3S2/c1-21-15-8-2-12(3-9-15)10-23-11-16(20)18(17(23)22)13-4-6-14(19)7-5-13/h2-10,19H,11H2,1H3. The van der Waals surface area contributed by atoms with Crippen molar-refractivity contribution in [2.75, 3.05) is 17.8 Å². The van der Waals surface area contributed by atoms with Gasteiger partial charge >= 0.3 is 0 Å². The van der Waals surface area contributed by atoms with Crippen molar-refractivity contribution in [3.8, 4) is 11.5 Å². The Bertz CT molecular complexity index is 782. The van der Waals surface area contributed by atoms with Gasteiger partial charge in [0.1, 0.15) is 15.8 Å². The van der Waals surface area contributed by atoms with E-state index >= 15 is 0 Å². The molecule has 6 heteroatoms. The van der Waals surface area contributed by atoms with E-state index in [-0.39, 0.29) is 11.7 Å². The fourth-order valence-corrected chi connectivity index (χ4v) is 4.43. The number of phenolic OH excluding ortho intramolecular Hbond substituents is 1. The summed E-state index contributed by atoms with van der Waals surface area (Å²) in [6.45, 7) is 0. The number of carbonyl (C=O) groups is 1. The zero-order chi connectivity index (χ0) is 16.4. The number of anilines is 1. The monoisotopic (exact) mass is 345 g/mol. The minimum absolute atomic E-state index is 0.0196. The number of carbonyl (C=O) groups excluding carboxylic acids is 1. The second kappa shape index (κ2) is 6.52. The van der Waals surface area contributed by atoms with Crippen LogP contribution >= 0.6 is 22.7 Å². The topological polar surface area (TPSA) is 49.8 Å². The maximum Gasteiger partial charge on any atom is 0.242 e. The molecular weight excluding hydrogens is 330 g/mol. The van der Waals surface area contributed by atoms with E-state index in [1.54, 1.807) is 36.3 Å². The molecule has 1 amide bonds. The first kappa shape index (κ1) is 15.7. The van der Waals surface area contributed by atoms with Crippen molar-refractivity contribution in [2.24, 2.45) is 0 Å². The van der Waals surface area contributed by atoms with E-state index in [0.29, 0.717) is 15.8 Å². The third-order valence-electron chi connectivity index (χ3n) is 3.44. The molecule has 3 rings (SSSR count). The first-order chi connectivity index (χ1) is 11.1. The predicted molar refractivity (Wildman–Crippen MR) is 98.8 cm³/mol. The van der Waals surface area contributed by atoms with Crippen LogP contribution in [0.25, 0.3) is 0 Å². The number of benzene rings is 2. The number of aromatic hydroxyl groups is 1. The molecule has 1 aliphatic rings. The molecule has 0 radical (unpaired) electrons. The number of ether oxygens (including phenoxy) is 1. The minimum atomic E-state index is -0.418. The second-order valence-corrected chi connectivity index (χ2v) is 7.39. The molecule has 0 spiro atoms. The second-order valence-electron chi connectivity index (χ2n) is 4.98. The van der Waals surface area contributed by atoms with Crippen molar-refractivity contribution in [1.82, 2.24) is 0 Å². The summed E-state index contributed by atoms with van der Waals surface area (Å²) in [4.78, 5) is 13.9. The van der Waals surface area contributed by atoms with Crippen LogP contribution in [0.1, 0.15) is 5.56 Å². The van der Waals surface area contributed by atoms with Crippen LogP contribution in [0, 0.1) is 0 Å². The number of phenols is 1. The van der Waals surface area contributed by atoms with E-state index in [4.69, 9.17) is 17.0 Å². The molecule has 1 unspecified atom stereocenters. The fraction of sp³-hybridized carbons (Fsp3) is 0.118. The molecule has 2 aromatic rings. The molecule has 1 fully saturated rings. The van der Waals surface area contributed by atoms with Gasteiger partial charge < -0.3 is 9.84 Å². The van der Waals surface area contributed by atoms with E-state index in [9.17, 15) is 9.90 Å². The Morgan fingerprint density at radius 2 is 1.83 bits per heavy atom.